The largest absolute Gasteiger partial charge is 0.508 e. The minimum atomic E-state index is -1.38. The lowest BCUT2D eigenvalue weighted by Crippen LogP contribution is -2.47. The van der Waals surface area contributed by atoms with Crippen LogP contribution in [0.15, 0.2) is 66.7 Å². The lowest BCUT2D eigenvalue weighted by atomic mass is 9.76. The van der Waals surface area contributed by atoms with E-state index in [9.17, 15) is 35.6 Å². The molecule has 208 valence electrons. The fraction of sp³-hybridized carbons (Fsp3) is 0.200. The number of benzene rings is 4. The van der Waals surface area contributed by atoms with Crippen molar-refractivity contribution in [3.05, 3.63) is 105 Å². The van der Waals surface area contributed by atoms with Crippen molar-refractivity contribution < 1.29 is 44.7 Å². The smallest absolute Gasteiger partial charge is 0.278 e. The molecule has 11 heteroatoms. The standard InChI is InChI=1S/C30H23NO10/c32-17-5-2-15(3-6-17)30-13-20(18-10-16(31(37)38)4-8-25(18)40-30)27-26(41-30)12-22(34)19-11-24(36)28(39-29(19)27)14-1-7-21(33)23(35)9-14/h1-10,12,20,24,28,32-36H,11,13H2/t20-,24-,28+,30-/m1/s1. The second kappa shape index (κ2) is 8.67. The van der Waals surface area contributed by atoms with Gasteiger partial charge in [0.15, 0.2) is 11.5 Å². The summed E-state index contributed by atoms with van der Waals surface area (Å²) in [6.45, 7) is 0. The third-order valence-corrected chi connectivity index (χ3v) is 7.95. The number of nitro benzene ring substituents is 1. The van der Waals surface area contributed by atoms with Crippen LogP contribution in [-0.2, 0) is 12.2 Å². The van der Waals surface area contributed by atoms with Gasteiger partial charge in [-0.25, -0.2) is 0 Å². The molecule has 7 rings (SSSR count). The van der Waals surface area contributed by atoms with Crippen LogP contribution >= 0.6 is 0 Å². The van der Waals surface area contributed by atoms with Crippen molar-refractivity contribution in [2.75, 3.05) is 0 Å². The van der Waals surface area contributed by atoms with E-state index in [0.717, 1.165) is 0 Å². The van der Waals surface area contributed by atoms with Crippen LogP contribution in [0.1, 0.15) is 46.3 Å². The number of fused-ring (bicyclic) bond motifs is 8. The average Bonchev–Trinajstić information content (AvgIpc) is 2.94. The number of phenolic OH excluding ortho intramolecular Hbond substituents is 4. The topological polar surface area (TPSA) is 172 Å². The first-order valence-corrected chi connectivity index (χ1v) is 12.8. The fourth-order valence-electron chi connectivity index (χ4n) is 6.02. The quantitative estimate of drug-likeness (QED) is 0.136. The van der Waals surface area contributed by atoms with E-state index in [-0.39, 0.29) is 53.0 Å². The number of hydrogen-bond donors (Lipinski definition) is 5. The Morgan fingerprint density at radius 3 is 2.34 bits per heavy atom. The highest BCUT2D eigenvalue weighted by atomic mass is 16.7. The molecule has 0 unspecified atom stereocenters. The molecule has 0 radical (unpaired) electrons. The summed E-state index contributed by atoms with van der Waals surface area (Å²) in [5.41, 5.74) is 2.25. The number of aliphatic hydroxyl groups excluding tert-OH is 1. The molecular weight excluding hydrogens is 534 g/mol. The first-order chi connectivity index (χ1) is 19.6. The van der Waals surface area contributed by atoms with Gasteiger partial charge in [0.05, 0.1) is 11.0 Å². The van der Waals surface area contributed by atoms with Crippen molar-refractivity contribution in [1.29, 1.82) is 0 Å². The van der Waals surface area contributed by atoms with Crippen LogP contribution in [0.25, 0.3) is 0 Å². The predicted octanol–water partition coefficient (Wildman–Crippen LogP) is 4.61. The number of hydrogen-bond acceptors (Lipinski definition) is 10. The van der Waals surface area contributed by atoms with Gasteiger partial charge in [-0.3, -0.25) is 10.1 Å². The normalized spacial score (nSPS) is 23.6. The molecule has 5 N–H and O–H groups in total. The summed E-state index contributed by atoms with van der Waals surface area (Å²) in [6.07, 6.45) is -1.87. The Hall–Kier alpha value is -5.16. The van der Waals surface area contributed by atoms with Crippen molar-refractivity contribution in [1.82, 2.24) is 0 Å². The van der Waals surface area contributed by atoms with Crippen molar-refractivity contribution in [3.8, 4) is 40.2 Å². The molecular formula is C30H23NO10. The summed E-state index contributed by atoms with van der Waals surface area (Å²) < 4.78 is 19.2. The maximum atomic E-state index is 11.7. The zero-order chi connectivity index (χ0) is 28.6. The molecule has 41 heavy (non-hydrogen) atoms. The number of non-ortho nitro benzene ring substituents is 1. The monoisotopic (exact) mass is 557 g/mol. The second-order valence-electron chi connectivity index (χ2n) is 10.4. The summed E-state index contributed by atoms with van der Waals surface area (Å²) >= 11 is 0. The summed E-state index contributed by atoms with van der Waals surface area (Å²) in [4.78, 5) is 11.2. The lowest BCUT2D eigenvalue weighted by molar-refractivity contribution is -0.385. The minimum Gasteiger partial charge on any atom is -0.508 e. The average molecular weight is 558 g/mol. The molecule has 2 bridgehead atoms. The molecule has 0 spiro atoms. The molecule has 0 aliphatic carbocycles. The van der Waals surface area contributed by atoms with E-state index in [1.165, 1.54) is 54.6 Å². The molecule has 4 aromatic carbocycles. The molecule has 11 nitrogen and oxygen atoms in total. The molecule has 0 saturated heterocycles. The Balaban J connectivity index is 1.43. The first kappa shape index (κ1) is 24.9. The van der Waals surface area contributed by atoms with Gasteiger partial charge in [-0.2, -0.15) is 0 Å². The van der Waals surface area contributed by atoms with Crippen molar-refractivity contribution in [2.45, 2.75) is 36.8 Å². The molecule has 4 atom stereocenters. The molecule has 0 saturated carbocycles. The van der Waals surface area contributed by atoms with Crippen LogP contribution in [0.3, 0.4) is 0 Å². The van der Waals surface area contributed by atoms with Crippen LogP contribution in [0.4, 0.5) is 5.69 Å². The first-order valence-electron chi connectivity index (χ1n) is 12.8. The Kier molecular flexibility index (Phi) is 5.25. The van der Waals surface area contributed by atoms with Gasteiger partial charge in [0.1, 0.15) is 34.9 Å². The van der Waals surface area contributed by atoms with E-state index in [1.54, 1.807) is 12.1 Å². The summed E-state index contributed by atoms with van der Waals surface area (Å²) in [6, 6.07) is 16.1. The van der Waals surface area contributed by atoms with Crippen LogP contribution in [0, 0.1) is 10.1 Å². The highest BCUT2D eigenvalue weighted by Crippen LogP contribution is 2.60. The van der Waals surface area contributed by atoms with Crippen molar-refractivity contribution in [3.63, 3.8) is 0 Å². The number of rotatable bonds is 3. The number of nitrogens with zero attached hydrogens (tertiary/aromatic N) is 1. The number of phenols is 4. The van der Waals surface area contributed by atoms with Gasteiger partial charge in [-0.15, -0.1) is 0 Å². The minimum absolute atomic E-state index is 0.00880. The zero-order valence-electron chi connectivity index (χ0n) is 21.2. The van der Waals surface area contributed by atoms with E-state index in [2.05, 4.69) is 0 Å². The van der Waals surface area contributed by atoms with Gasteiger partial charge < -0.3 is 39.7 Å². The van der Waals surface area contributed by atoms with Gasteiger partial charge >= 0.3 is 0 Å². The summed E-state index contributed by atoms with van der Waals surface area (Å²) in [5.74, 6) is -1.91. The van der Waals surface area contributed by atoms with Gasteiger partial charge in [0, 0.05) is 59.2 Å². The van der Waals surface area contributed by atoms with Gasteiger partial charge in [-0.1, -0.05) is 6.07 Å². The SMILES string of the molecule is O=[N+]([O-])c1ccc2c(c1)[C@H]1C[C@@](c3ccc(O)cc3)(O2)Oc2cc(O)c3c(c21)O[C@@H](c1ccc(O)c(O)c1)[C@H](O)C3. The Morgan fingerprint density at radius 2 is 1.61 bits per heavy atom. The Morgan fingerprint density at radius 1 is 0.854 bits per heavy atom. The summed E-state index contributed by atoms with van der Waals surface area (Å²) in [5, 5.41) is 63.4. The number of aliphatic hydroxyl groups is 1. The number of nitro groups is 1. The molecule has 0 aromatic heterocycles. The van der Waals surface area contributed by atoms with Crippen molar-refractivity contribution in [2.24, 2.45) is 0 Å². The fourth-order valence-corrected chi connectivity index (χ4v) is 6.02. The lowest BCUT2D eigenvalue weighted by Gasteiger charge is -2.47. The van der Waals surface area contributed by atoms with Gasteiger partial charge in [-0.05, 0) is 48.0 Å². The molecule has 3 aliphatic heterocycles. The zero-order valence-corrected chi connectivity index (χ0v) is 21.2. The van der Waals surface area contributed by atoms with E-state index < -0.39 is 28.8 Å². The van der Waals surface area contributed by atoms with Crippen LogP contribution < -0.4 is 14.2 Å². The third-order valence-electron chi connectivity index (χ3n) is 7.95. The molecule has 3 heterocycles. The summed E-state index contributed by atoms with van der Waals surface area (Å²) in [7, 11) is 0. The maximum absolute atomic E-state index is 11.7. The molecule has 4 aromatic rings. The third kappa shape index (κ3) is 3.77. The van der Waals surface area contributed by atoms with Crippen LogP contribution in [-0.4, -0.2) is 36.6 Å². The molecule has 3 aliphatic rings. The number of ether oxygens (including phenoxy) is 3. The van der Waals surface area contributed by atoms with Crippen molar-refractivity contribution >= 4 is 5.69 Å². The Bertz CT molecular complexity index is 1740. The van der Waals surface area contributed by atoms with E-state index >= 15 is 0 Å². The number of aromatic hydroxyl groups is 4. The highest BCUT2D eigenvalue weighted by molar-refractivity contribution is 5.65. The van der Waals surface area contributed by atoms with Crippen LogP contribution in [0.5, 0.6) is 40.2 Å². The van der Waals surface area contributed by atoms with E-state index in [0.29, 0.717) is 33.6 Å². The molecule has 0 fully saturated rings. The maximum Gasteiger partial charge on any atom is 0.278 e. The molecule has 0 amide bonds. The van der Waals surface area contributed by atoms with Crippen LogP contribution in [0.2, 0.25) is 0 Å². The van der Waals surface area contributed by atoms with Gasteiger partial charge in [0.25, 0.3) is 11.5 Å². The van der Waals surface area contributed by atoms with E-state index in [4.69, 9.17) is 14.2 Å². The Labute approximate surface area is 232 Å². The highest BCUT2D eigenvalue weighted by Gasteiger charge is 2.52. The van der Waals surface area contributed by atoms with E-state index in [1.807, 2.05) is 0 Å². The predicted molar refractivity (Wildman–Crippen MR) is 142 cm³/mol. The second-order valence-corrected chi connectivity index (χ2v) is 10.4. The van der Waals surface area contributed by atoms with Gasteiger partial charge in [0.2, 0.25) is 0 Å².